The van der Waals surface area contributed by atoms with Crippen LogP contribution in [0, 0.1) is 0 Å². The lowest BCUT2D eigenvalue weighted by Crippen LogP contribution is -2.44. The smallest absolute Gasteiger partial charge is 0.306 e. The molecule has 9 heteroatoms. The molecule has 0 spiro atoms. The van der Waals surface area contributed by atoms with Crippen molar-refractivity contribution in [1.29, 1.82) is 0 Å². The lowest BCUT2D eigenvalue weighted by atomic mass is 10.0. The number of hydrogen-bond acceptors (Lipinski definition) is 8. The van der Waals surface area contributed by atoms with Gasteiger partial charge in [-0.25, -0.2) is 0 Å². The van der Waals surface area contributed by atoms with Gasteiger partial charge in [-0.3, -0.25) is 9.59 Å². The van der Waals surface area contributed by atoms with Crippen LogP contribution in [0.5, 0.6) is 0 Å². The summed E-state index contributed by atoms with van der Waals surface area (Å²) in [6.07, 6.45) is 82.8. The van der Waals surface area contributed by atoms with Crippen molar-refractivity contribution in [2.75, 3.05) is 47.5 Å². The minimum absolute atomic E-state index is 0.145. The first kappa shape index (κ1) is 79.7. The highest BCUT2D eigenvalue weighted by Gasteiger charge is 2.22. The van der Waals surface area contributed by atoms with Gasteiger partial charge < -0.3 is 33.3 Å². The van der Waals surface area contributed by atoms with Crippen molar-refractivity contribution in [2.24, 2.45) is 0 Å². The Morgan fingerprint density at radius 1 is 0.373 bits per heavy atom. The number of likely N-dealkylation sites (N-methyl/N-ethyl adjacent to an activating group) is 1. The number of esters is 2. The number of quaternary nitrogens is 1. The molecule has 0 aromatic rings. The van der Waals surface area contributed by atoms with Gasteiger partial charge in [0.2, 0.25) is 0 Å². The highest BCUT2D eigenvalue weighted by molar-refractivity contribution is 5.70. The van der Waals surface area contributed by atoms with Gasteiger partial charge in [-0.05, 0) is 83.5 Å². The van der Waals surface area contributed by atoms with E-state index in [1.807, 2.05) is 21.1 Å². The van der Waals surface area contributed by atoms with Crippen molar-refractivity contribution < 1.29 is 42.9 Å². The fraction of sp³-hybridized carbons (Fsp3) is 0.797. The maximum Gasteiger partial charge on any atom is 0.306 e. The molecule has 0 saturated heterocycles. The molecule has 9 nitrogen and oxygen atoms in total. The molecule has 482 valence electrons. The largest absolute Gasteiger partial charge is 0.545 e. The molecule has 0 rings (SSSR count). The van der Waals surface area contributed by atoms with Gasteiger partial charge in [0.25, 0.3) is 0 Å². The Bertz CT molecular complexity index is 1590. The monoisotopic (exact) mass is 1160 g/mol. The predicted molar refractivity (Wildman–Crippen MR) is 352 cm³/mol. The Labute approximate surface area is 513 Å². The molecule has 0 aromatic heterocycles. The van der Waals surface area contributed by atoms with E-state index < -0.39 is 24.3 Å². The fourth-order valence-electron chi connectivity index (χ4n) is 10.1. The van der Waals surface area contributed by atoms with E-state index >= 15 is 0 Å². The number of carboxylic acid groups (broad SMARTS) is 1. The van der Waals surface area contributed by atoms with E-state index in [4.69, 9.17) is 18.9 Å². The number of hydrogen-bond donors (Lipinski definition) is 0. The topological polar surface area (TPSA) is 111 Å². The van der Waals surface area contributed by atoms with Gasteiger partial charge in [-0.15, -0.1) is 0 Å². The molecule has 0 aliphatic rings. The average molecular weight is 1160 g/mol. The van der Waals surface area contributed by atoms with Crippen molar-refractivity contribution in [3.8, 4) is 0 Å². The van der Waals surface area contributed by atoms with Crippen LogP contribution in [0.4, 0.5) is 0 Å². The van der Waals surface area contributed by atoms with Gasteiger partial charge in [-0.2, -0.15) is 0 Å². The van der Waals surface area contributed by atoms with E-state index in [1.165, 1.54) is 212 Å². The van der Waals surface area contributed by atoms with Crippen molar-refractivity contribution in [2.45, 2.75) is 334 Å². The van der Waals surface area contributed by atoms with Crippen LogP contribution in [0.15, 0.2) is 72.9 Å². The zero-order valence-corrected chi connectivity index (χ0v) is 55.1. The van der Waals surface area contributed by atoms with Crippen LogP contribution in [-0.2, 0) is 33.3 Å². The Morgan fingerprint density at radius 3 is 1.04 bits per heavy atom. The molecule has 0 amide bonds. The third kappa shape index (κ3) is 66.1. The third-order valence-electron chi connectivity index (χ3n) is 15.4. The van der Waals surface area contributed by atoms with Crippen molar-refractivity contribution in [3.05, 3.63) is 72.9 Å². The van der Waals surface area contributed by atoms with Crippen molar-refractivity contribution in [1.82, 2.24) is 0 Å². The number of allylic oxidation sites excluding steroid dienone is 12. The molecule has 0 aromatic carbocycles. The molecule has 0 aliphatic carbocycles. The standard InChI is InChI=1S/C74H133NO8/c1-6-8-10-12-14-16-18-20-22-24-26-28-30-32-33-34-35-36-37-38-39-41-42-44-46-48-50-52-54-56-58-60-62-64-71(76)81-68-70(69-82-74(73(78)79)80-67-66-75(3,4)5)83-72(77)65-63-61-59-57-55-53-51-49-47-45-43-40-31-29-27-25-23-21-19-17-15-13-11-9-7-2/h9,11,15,17,21,23-24,26-27,29,40,43,70,74H,6-8,10,12-14,16,18-20,22,25,28,30-39,41-42,44-69H2,1-5H3/b11-9-,17-15-,23-21-,26-24-,29-27-,43-40-. The van der Waals surface area contributed by atoms with Crippen LogP contribution in [0.1, 0.15) is 322 Å². The van der Waals surface area contributed by atoms with Gasteiger partial charge >= 0.3 is 11.9 Å². The summed E-state index contributed by atoms with van der Waals surface area (Å²) >= 11 is 0. The van der Waals surface area contributed by atoms with Crippen LogP contribution in [-0.4, -0.2) is 82.3 Å². The minimum Gasteiger partial charge on any atom is -0.545 e. The summed E-state index contributed by atoms with van der Waals surface area (Å²) in [5.74, 6) is -2.28. The van der Waals surface area contributed by atoms with Crippen LogP contribution in [0.25, 0.3) is 0 Å². The zero-order valence-electron chi connectivity index (χ0n) is 55.1. The first-order chi connectivity index (χ1) is 40.6. The SMILES string of the molecule is CC/C=C\C/C=C\C/C=C\C/C=C\C/C=C\CCCCCCCCCCCC(=O)OC(COC(=O)CCCCCCCCCCCCCCCCCCCCCCC/C=C\CCCCCCCCCC)COC(OCC[N+](C)(C)C)C(=O)[O-]. The second-order valence-electron chi connectivity index (χ2n) is 24.8. The Kier molecular flexibility index (Phi) is 62.2. The normalized spacial score (nSPS) is 13.1. The Hall–Kier alpha value is -3.27. The summed E-state index contributed by atoms with van der Waals surface area (Å²) in [6.45, 7) is 4.67. The number of nitrogens with zero attached hydrogens (tertiary/aromatic N) is 1. The van der Waals surface area contributed by atoms with E-state index in [-0.39, 0.29) is 32.2 Å². The maximum absolute atomic E-state index is 12.9. The number of carboxylic acids is 1. The maximum atomic E-state index is 12.9. The number of unbranched alkanes of at least 4 members (excludes halogenated alkanes) is 38. The molecule has 0 bridgehead atoms. The second kappa shape index (κ2) is 64.7. The number of carbonyl (C=O) groups is 3. The molecule has 0 N–H and O–H groups in total. The number of rotatable bonds is 65. The zero-order chi connectivity index (χ0) is 60.5. The third-order valence-corrected chi connectivity index (χ3v) is 15.4. The van der Waals surface area contributed by atoms with E-state index in [0.29, 0.717) is 23.9 Å². The summed E-state index contributed by atoms with van der Waals surface area (Å²) in [6, 6.07) is 0. The first-order valence-corrected chi connectivity index (χ1v) is 35.1. The Balaban J connectivity index is 4.08. The molecule has 0 radical (unpaired) electrons. The first-order valence-electron chi connectivity index (χ1n) is 35.1. The summed E-state index contributed by atoms with van der Waals surface area (Å²) in [7, 11) is 5.93. The highest BCUT2D eigenvalue weighted by Crippen LogP contribution is 2.18. The molecule has 2 atom stereocenters. The minimum atomic E-state index is -1.63. The van der Waals surface area contributed by atoms with Gasteiger partial charge in [-0.1, -0.05) is 299 Å². The number of carbonyl (C=O) groups excluding carboxylic acids is 3. The van der Waals surface area contributed by atoms with Crippen LogP contribution >= 0.6 is 0 Å². The average Bonchev–Trinajstić information content (AvgIpc) is 3.46. The molecule has 0 heterocycles. The number of aliphatic carboxylic acids is 1. The van der Waals surface area contributed by atoms with Gasteiger partial charge in [0, 0.05) is 12.8 Å². The second-order valence-corrected chi connectivity index (χ2v) is 24.8. The van der Waals surface area contributed by atoms with E-state index in [0.717, 1.165) is 77.0 Å². The Morgan fingerprint density at radius 2 is 0.687 bits per heavy atom. The predicted octanol–water partition coefficient (Wildman–Crippen LogP) is 20.4. The van der Waals surface area contributed by atoms with E-state index in [1.54, 1.807) is 0 Å². The van der Waals surface area contributed by atoms with Gasteiger partial charge in [0.1, 0.15) is 13.2 Å². The lowest BCUT2D eigenvalue weighted by Gasteiger charge is -2.26. The van der Waals surface area contributed by atoms with Crippen LogP contribution in [0.3, 0.4) is 0 Å². The summed E-state index contributed by atoms with van der Waals surface area (Å²) in [4.78, 5) is 37.5. The van der Waals surface area contributed by atoms with Crippen molar-refractivity contribution >= 4 is 17.9 Å². The van der Waals surface area contributed by atoms with Crippen LogP contribution < -0.4 is 5.11 Å². The molecule has 83 heavy (non-hydrogen) atoms. The lowest BCUT2D eigenvalue weighted by molar-refractivity contribution is -0.870. The quantitative estimate of drug-likeness (QED) is 0.0195. The number of ether oxygens (including phenoxy) is 4. The molecule has 0 saturated carbocycles. The molecule has 0 aliphatic heterocycles. The summed E-state index contributed by atoms with van der Waals surface area (Å²) in [5, 5.41) is 11.8. The van der Waals surface area contributed by atoms with Crippen LogP contribution in [0.2, 0.25) is 0 Å². The molecular formula is C74H133NO8. The molecule has 0 fully saturated rings. The highest BCUT2D eigenvalue weighted by atomic mass is 16.7. The van der Waals surface area contributed by atoms with Gasteiger partial charge in [0.15, 0.2) is 12.4 Å². The van der Waals surface area contributed by atoms with Gasteiger partial charge in [0.05, 0.1) is 40.3 Å². The van der Waals surface area contributed by atoms with E-state index in [2.05, 4.69) is 86.8 Å². The summed E-state index contributed by atoms with van der Waals surface area (Å²) in [5.41, 5.74) is 0. The molecule has 2 unspecified atom stereocenters. The van der Waals surface area contributed by atoms with E-state index in [9.17, 15) is 19.5 Å². The summed E-state index contributed by atoms with van der Waals surface area (Å²) < 4.78 is 22.8. The van der Waals surface area contributed by atoms with Crippen molar-refractivity contribution in [3.63, 3.8) is 0 Å². The fourth-order valence-corrected chi connectivity index (χ4v) is 10.1. The molecular weight excluding hydrogens is 1030 g/mol.